The third-order valence-electron chi connectivity index (χ3n) is 4.83. The molecule has 0 spiro atoms. The number of carbonyl (C=O) groups is 1. The van der Waals surface area contributed by atoms with E-state index in [1.165, 1.54) is 0 Å². The Morgan fingerprint density at radius 2 is 1.79 bits per heavy atom. The number of aryl methyl sites for hydroxylation is 1. The van der Waals surface area contributed by atoms with Crippen LogP contribution < -0.4 is 5.11 Å². The molecule has 0 aliphatic carbocycles. The predicted octanol–water partition coefficient (Wildman–Crippen LogP) is 4.17. The van der Waals surface area contributed by atoms with Gasteiger partial charge in [0.15, 0.2) is 0 Å². The van der Waals surface area contributed by atoms with Crippen molar-refractivity contribution in [3.05, 3.63) is 76.6 Å². The molecule has 4 aromatic rings. The van der Waals surface area contributed by atoms with Gasteiger partial charge in [0.25, 0.3) is 0 Å². The zero-order chi connectivity index (χ0) is 20.4. The summed E-state index contributed by atoms with van der Waals surface area (Å²) in [5, 5.41) is 16.6. The van der Waals surface area contributed by atoms with E-state index in [0.29, 0.717) is 6.42 Å². The van der Waals surface area contributed by atoms with Crippen LogP contribution in [-0.4, -0.2) is 20.7 Å². The van der Waals surface area contributed by atoms with Gasteiger partial charge in [0.2, 0.25) is 0 Å². The Kier molecular flexibility index (Phi) is 5.27. The molecule has 0 fully saturated rings. The van der Waals surface area contributed by atoms with Crippen LogP contribution in [0.15, 0.2) is 54.6 Å². The Bertz CT molecular complexity index is 1170. The van der Waals surface area contributed by atoms with Crippen molar-refractivity contribution in [1.29, 1.82) is 0 Å². The summed E-state index contributed by atoms with van der Waals surface area (Å²) in [5.74, 6) is -1.06. The van der Waals surface area contributed by atoms with E-state index >= 15 is 0 Å². The molecule has 0 aliphatic rings. The third kappa shape index (κ3) is 3.98. The van der Waals surface area contributed by atoms with E-state index < -0.39 is 5.97 Å². The van der Waals surface area contributed by atoms with Gasteiger partial charge >= 0.3 is 0 Å². The average Bonchev–Trinajstić information content (AvgIpc) is 3.27. The summed E-state index contributed by atoms with van der Waals surface area (Å²) in [6.07, 6.45) is 2.34. The molecule has 0 saturated heterocycles. The second-order valence-electron chi connectivity index (χ2n) is 6.86. The molecule has 4 rings (SSSR count). The van der Waals surface area contributed by atoms with Crippen molar-refractivity contribution in [3.8, 4) is 5.69 Å². The molecule has 0 unspecified atom stereocenters. The number of allylic oxidation sites excluding steroid dienone is 1. The van der Waals surface area contributed by atoms with Gasteiger partial charge in [0, 0.05) is 17.2 Å². The van der Waals surface area contributed by atoms with Gasteiger partial charge in [-0.05, 0) is 62.6 Å². The monoisotopic (exact) mass is 402 g/mol. The zero-order valence-electron chi connectivity index (χ0n) is 16.3. The van der Waals surface area contributed by atoms with Gasteiger partial charge in [-0.15, -0.1) is 11.3 Å². The number of aliphatic carboxylic acids is 1. The van der Waals surface area contributed by atoms with Crippen LogP contribution in [0.5, 0.6) is 0 Å². The SMILES string of the molecule is Cc1nn(-c2ccccc2)c(C)c1/C=C(\CCC(=O)[O-])c1nc2ccccc2s1. The van der Waals surface area contributed by atoms with Gasteiger partial charge < -0.3 is 9.90 Å². The van der Waals surface area contributed by atoms with E-state index in [-0.39, 0.29) is 6.42 Å². The lowest BCUT2D eigenvalue weighted by molar-refractivity contribution is -0.305. The maximum Gasteiger partial charge on any atom is 0.120 e. The minimum absolute atomic E-state index is 0.0489. The van der Waals surface area contributed by atoms with Gasteiger partial charge in [-0.25, -0.2) is 9.67 Å². The molecule has 0 atom stereocenters. The standard InChI is InChI=1S/C23H21N3O2S/c1-15-19(16(2)26(25-15)18-8-4-3-5-9-18)14-17(12-13-22(27)28)23-24-20-10-6-7-11-21(20)29-23/h3-11,14H,12-13H2,1-2H3,(H,27,28)/p-1/b17-14+. The van der Waals surface area contributed by atoms with Crippen LogP contribution in [0.3, 0.4) is 0 Å². The number of carboxylic acid groups (broad SMARTS) is 1. The highest BCUT2D eigenvalue weighted by molar-refractivity contribution is 7.19. The van der Waals surface area contributed by atoms with Gasteiger partial charge in [-0.2, -0.15) is 5.10 Å². The number of benzene rings is 2. The van der Waals surface area contributed by atoms with Crippen LogP contribution in [-0.2, 0) is 4.79 Å². The van der Waals surface area contributed by atoms with Gasteiger partial charge in [0.1, 0.15) is 5.01 Å². The number of para-hydroxylation sites is 2. The van der Waals surface area contributed by atoms with Crippen LogP contribution >= 0.6 is 11.3 Å². The number of rotatable bonds is 6. The topological polar surface area (TPSA) is 70.8 Å². The highest BCUT2D eigenvalue weighted by Gasteiger charge is 2.15. The molecular weight excluding hydrogens is 382 g/mol. The molecule has 0 bridgehead atoms. The summed E-state index contributed by atoms with van der Waals surface area (Å²) in [4.78, 5) is 15.8. The molecule has 6 heteroatoms. The fourth-order valence-electron chi connectivity index (χ4n) is 3.35. The highest BCUT2D eigenvalue weighted by Crippen LogP contribution is 2.32. The number of hydrogen-bond donors (Lipinski definition) is 0. The van der Waals surface area contributed by atoms with Gasteiger partial charge in [-0.1, -0.05) is 30.3 Å². The second kappa shape index (κ2) is 8.01. The maximum absolute atomic E-state index is 11.1. The summed E-state index contributed by atoms with van der Waals surface area (Å²) < 4.78 is 2.99. The third-order valence-corrected chi connectivity index (χ3v) is 5.95. The Balaban J connectivity index is 1.80. The Morgan fingerprint density at radius 1 is 1.07 bits per heavy atom. The van der Waals surface area contributed by atoms with Gasteiger partial charge in [-0.3, -0.25) is 0 Å². The number of hydrogen-bond acceptors (Lipinski definition) is 5. The van der Waals surface area contributed by atoms with Gasteiger partial charge in [0.05, 0.1) is 21.6 Å². The first-order chi connectivity index (χ1) is 14.0. The summed E-state index contributed by atoms with van der Waals surface area (Å²) in [5.41, 5.74) is 5.67. The first kappa shape index (κ1) is 19.1. The summed E-state index contributed by atoms with van der Waals surface area (Å²) in [6.45, 7) is 3.99. The van der Waals surface area contributed by atoms with Crippen molar-refractivity contribution < 1.29 is 9.90 Å². The summed E-state index contributed by atoms with van der Waals surface area (Å²) >= 11 is 1.57. The van der Waals surface area contributed by atoms with Crippen LogP contribution in [0, 0.1) is 13.8 Å². The fourth-order valence-corrected chi connectivity index (χ4v) is 4.35. The Labute approximate surface area is 173 Å². The predicted molar refractivity (Wildman–Crippen MR) is 115 cm³/mol. The molecule has 0 radical (unpaired) electrons. The molecule has 0 aliphatic heterocycles. The average molecular weight is 402 g/mol. The Morgan fingerprint density at radius 3 is 2.52 bits per heavy atom. The van der Waals surface area contributed by atoms with E-state index in [1.54, 1.807) is 11.3 Å². The molecule has 5 nitrogen and oxygen atoms in total. The first-order valence-electron chi connectivity index (χ1n) is 9.41. The molecular formula is C23H20N3O2S-. The number of carboxylic acids is 1. The van der Waals surface area contributed by atoms with Crippen molar-refractivity contribution in [2.45, 2.75) is 26.7 Å². The van der Waals surface area contributed by atoms with E-state index in [2.05, 4.69) is 0 Å². The smallest absolute Gasteiger partial charge is 0.120 e. The molecule has 2 aromatic carbocycles. The molecule has 0 amide bonds. The molecule has 2 aromatic heterocycles. The van der Waals surface area contributed by atoms with E-state index in [4.69, 9.17) is 10.1 Å². The van der Waals surface area contributed by atoms with Crippen LogP contribution in [0.2, 0.25) is 0 Å². The summed E-state index contributed by atoms with van der Waals surface area (Å²) in [6, 6.07) is 17.9. The molecule has 0 N–H and O–H groups in total. The van der Waals surface area contributed by atoms with Crippen molar-refractivity contribution in [2.75, 3.05) is 0 Å². The molecule has 146 valence electrons. The van der Waals surface area contributed by atoms with Crippen molar-refractivity contribution in [3.63, 3.8) is 0 Å². The van der Waals surface area contributed by atoms with Crippen LogP contribution in [0.4, 0.5) is 0 Å². The molecule has 29 heavy (non-hydrogen) atoms. The van der Waals surface area contributed by atoms with E-state index in [1.807, 2.05) is 79.2 Å². The lowest BCUT2D eigenvalue weighted by atomic mass is 10.1. The van der Waals surface area contributed by atoms with E-state index in [0.717, 1.165) is 43.4 Å². The number of fused-ring (bicyclic) bond motifs is 1. The normalized spacial score (nSPS) is 11.9. The van der Waals surface area contributed by atoms with Crippen molar-refractivity contribution in [1.82, 2.24) is 14.8 Å². The van der Waals surface area contributed by atoms with E-state index in [9.17, 15) is 9.90 Å². The van der Waals surface area contributed by atoms with Crippen LogP contribution in [0.25, 0.3) is 27.6 Å². The van der Waals surface area contributed by atoms with Crippen molar-refractivity contribution in [2.24, 2.45) is 0 Å². The van der Waals surface area contributed by atoms with Crippen molar-refractivity contribution >= 4 is 39.2 Å². The number of nitrogens with zero attached hydrogens (tertiary/aromatic N) is 3. The summed E-state index contributed by atoms with van der Waals surface area (Å²) in [7, 11) is 0. The maximum atomic E-state index is 11.1. The lowest BCUT2D eigenvalue weighted by Crippen LogP contribution is -2.21. The fraction of sp³-hybridized carbons (Fsp3) is 0.174. The molecule has 2 heterocycles. The molecule has 0 saturated carbocycles. The minimum Gasteiger partial charge on any atom is -0.550 e. The highest BCUT2D eigenvalue weighted by atomic mass is 32.1. The lowest BCUT2D eigenvalue weighted by Gasteiger charge is -2.07. The zero-order valence-corrected chi connectivity index (χ0v) is 17.1. The second-order valence-corrected chi connectivity index (χ2v) is 7.89. The van der Waals surface area contributed by atoms with Crippen LogP contribution in [0.1, 0.15) is 34.8 Å². The largest absolute Gasteiger partial charge is 0.550 e. The number of carbonyl (C=O) groups excluding carboxylic acids is 1. The minimum atomic E-state index is -1.06. The number of thiazole rings is 1. The number of aromatic nitrogens is 3. The quantitative estimate of drug-likeness (QED) is 0.485. The first-order valence-corrected chi connectivity index (χ1v) is 10.2. The Hall–Kier alpha value is -3.25.